The van der Waals surface area contributed by atoms with Gasteiger partial charge in [-0.3, -0.25) is 4.79 Å². The molecule has 1 amide bonds. The Bertz CT molecular complexity index is 781. The predicted octanol–water partition coefficient (Wildman–Crippen LogP) is 2.27. The molecule has 1 aromatic carbocycles. The number of anilines is 2. The number of nitriles is 1. The van der Waals surface area contributed by atoms with E-state index in [9.17, 15) is 4.79 Å². The Morgan fingerprint density at radius 1 is 1.36 bits per heavy atom. The smallest absolute Gasteiger partial charge is 0.222 e. The molecule has 2 heterocycles. The van der Waals surface area contributed by atoms with Crippen molar-refractivity contribution in [1.29, 1.82) is 5.26 Å². The van der Waals surface area contributed by atoms with Crippen molar-refractivity contribution in [2.75, 3.05) is 23.3 Å². The molecule has 2 aromatic rings. The summed E-state index contributed by atoms with van der Waals surface area (Å²) < 4.78 is 0. The zero-order valence-corrected chi connectivity index (χ0v) is 14.0. The lowest BCUT2D eigenvalue weighted by Gasteiger charge is -2.33. The van der Waals surface area contributed by atoms with Crippen molar-refractivity contribution in [2.45, 2.75) is 19.4 Å². The van der Waals surface area contributed by atoms with E-state index < -0.39 is 0 Å². The van der Waals surface area contributed by atoms with E-state index in [0.29, 0.717) is 24.5 Å². The summed E-state index contributed by atoms with van der Waals surface area (Å²) in [5, 5.41) is 12.3. The average molecular weight is 335 g/mol. The highest BCUT2D eigenvalue weighted by Gasteiger charge is 2.23. The lowest BCUT2D eigenvalue weighted by atomic mass is 9.97. The largest absolute Gasteiger partial charge is 0.371 e. The van der Waals surface area contributed by atoms with E-state index in [1.165, 1.54) is 0 Å². The molecule has 25 heavy (non-hydrogen) atoms. The molecule has 0 spiro atoms. The highest BCUT2D eigenvalue weighted by atomic mass is 16.1. The average Bonchev–Trinajstić information content (AvgIpc) is 2.67. The minimum atomic E-state index is -0.214. The number of carbonyl (C=O) groups excluding carboxylic acids is 1. The van der Waals surface area contributed by atoms with Crippen molar-refractivity contribution >= 4 is 17.4 Å². The van der Waals surface area contributed by atoms with Gasteiger partial charge in [-0.1, -0.05) is 12.1 Å². The van der Waals surface area contributed by atoms with E-state index in [2.05, 4.69) is 33.4 Å². The lowest BCUT2D eigenvalue weighted by molar-refractivity contribution is -0.122. The van der Waals surface area contributed by atoms with E-state index >= 15 is 0 Å². The second-order valence-corrected chi connectivity index (χ2v) is 6.22. The van der Waals surface area contributed by atoms with Gasteiger partial charge in [0.1, 0.15) is 11.9 Å². The van der Waals surface area contributed by atoms with Gasteiger partial charge in [0.2, 0.25) is 5.91 Å². The predicted molar refractivity (Wildman–Crippen MR) is 96.9 cm³/mol. The SMILES string of the molecule is N#Cc1cccnc1NCc1ccc(N2CCC[C@H](C(N)=O)C2)cc1. The van der Waals surface area contributed by atoms with Crippen LogP contribution in [0.15, 0.2) is 42.6 Å². The number of benzene rings is 1. The van der Waals surface area contributed by atoms with Crippen LogP contribution >= 0.6 is 0 Å². The van der Waals surface area contributed by atoms with Crippen LogP contribution in [0.2, 0.25) is 0 Å². The van der Waals surface area contributed by atoms with Gasteiger partial charge >= 0.3 is 0 Å². The normalized spacial score (nSPS) is 16.9. The van der Waals surface area contributed by atoms with Crippen LogP contribution in [-0.4, -0.2) is 24.0 Å². The molecule has 1 aliphatic heterocycles. The highest BCUT2D eigenvalue weighted by Crippen LogP contribution is 2.23. The Balaban J connectivity index is 1.62. The molecule has 0 bridgehead atoms. The first-order chi connectivity index (χ1) is 12.2. The number of carbonyl (C=O) groups is 1. The maximum atomic E-state index is 11.4. The Morgan fingerprint density at radius 2 is 2.16 bits per heavy atom. The molecule has 3 rings (SSSR count). The Hall–Kier alpha value is -3.07. The molecule has 0 radical (unpaired) electrons. The number of piperidine rings is 1. The molecule has 6 heteroatoms. The number of nitrogens with two attached hydrogens (primary N) is 1. The van der Waals surface area contributed by atoms with Gasteiger partial charge in [0.15, 0.2) is 0 Å². The van der Waals surface area contributed by atoms with Crippen molar-refractivity contribution in [3.63, 3.8) is 0 Å². The molecule has 1 saturated heterocycles. The first-order valence-corrected chi connectivity index (χ1v) is 8.39. The molecule has 0 unspecified atom stereocenters. The van der Waals surface area contributed by atoms with Crippen molar-refractivity contribution in [3.8, 4) is 6.07 Å². The van der Waals surface area contributed by atoms with Gasteiger partial charge in [-0.15, -0.1) is 0 Å². The summed E-state index contributed by atoms with van der Waals surface area (Å²) in [7, 11) is 0. The second-order valence-electron chi connectivity index (χ2n) is 6.22. The summed E-state index contributed by atoms with van der Waals surface area (Å²) in [5.41, 5.74) is 8.18. The maximum absolute atomic E-state index is 11.4. The van der Waals surface area contributed by atoms with Gasteiger partial charge in [-0.25, -0.2) is 4.98 Å². The van der Waals surface area contributed by atoms with Crippen LogP contribution < -0.4 is 16.0 Å². The zero-order chi connectivity index (χ0) is 17.6. The van der Waals surface area contributed by atoms with Gasteiger partial charge in [0.25, 0.3) is 0 Å². The van der Waals surface area contributed by atoms with Gasteiger partial charge in [0, 0.05) is 31.5 Å². The standard InChI is InChI=1S/C19H21N5O/c20-11-15-3-1-9-22-19(15)23-12-14-5-7-17(8-6-14)24-10-2-4-16(13-24)18(21)25/h1,3,5-9,16H,2,4,10,12-13H2,(H2,21,25)(H,22,23)/t16-/m0/s1. The molecule has 6 nitrogen and oxygen atoms in total. The van der Waals surface area contributed by atoms with E-state index in [4.69, 9.17) is 11.0 Å². The number of aromatic nitrogens is 1. The monoisotopic (exact) mass is 335 g/mol. The maximum Gasteiger partial charge on any atom is 0.222 e. The van der Waals surface area contributed by atoms with E-state index in [1.807, 2.05) is 12.1 Å². The minimum Gasteiger partial charge on any atom is -0.371 e. The van der Waals surface area contributed by atoms with E-state index in [-0.39, 0.29) is 11.8 Å². The van der Waals surface area contributed by atoms with Crippen LogP contribution in [0.1, 0.15) is 24.0 Å². The first kappa shape index (κ1) is 16.8. The molecule has 3 N–H and O–H groups in total. The number of primary amides is 1. The molecule has 0 aliphatic carbocycles. The fourth-order valence-corrected chi connectivity index (χ4v) is 3.09. The number of nitrogens with zero attached hydrogens (tertiary/aromatic N) is 3. The van der Waals surface area contributed by atoms with Crippen LogP contribution in [-0.2, 0) is 11.3 Å². The van der Waals surface area contributed by atoms with Crippen LogP contribution in [0, 0.1) is 17.2 Å². The van der Waals surface area contributed by atoms with Crippen LogP contribution in [0.5, 0.6) is 0 Å². The number of rotatable bonds is 5. The van der Waals surface area contributed by atoms with Gasteiger partial charge < -0.3 is 16.0 Å². The Morgan fingerprint density at radius 3 is 2.88 bits per heavy atom. The number of hydrogen-bond acceptors (Lipinski definition) is 5. The fourth-order valence-electron chi connectivity index (χ4n) is 3.09. The van der Waals surface area contributed by atoms with Gasteiger partial charge in [0.05, 0.1) is 11.5 Å². The summed E-state index contributed by atoms with van der Waals surface area (Å²) >= 11 is 0. The highest BCUT2D eigenvalue weighted by molar-refractivity contribution is 5.77. The summed E-state index contributed by atoms with van der Waals surface area (Å²) in [6.45, 7) is 2.23. The minimum absolute atomic E-state index is 0.0661. The van der Waals surface area contributed by atoms with Crippen molar-refractivity contribution in [3.05, 3.63) is 53.7 Å². The lowest BCUT2D eigenvalue weighted by Crippen LogP contribution is -2.41. The molecular weight excluding hydrogens is 314 g/mol. The molecule has 1 aromatic heterocycles. The molecule has 1 fully saturated rings. The van der Waals surface area contributed by atoms with Crippen LogP contribution in [0.4, 0.5) is 11.5 Å². The van der Waals surface area contributed by atoms with Crippen molar-refractivity contribution in [1.82, 2.24) is 4.98 Å². The number of pyridine rings is 1. The molecule has 1 aliphatic rings. The molecule has 1 atom stereocenters. The zero-order valence-electron chi connectivity index (χ0n) is 14.0. The number of amides is 1. The fraction of sp³-hybridized carbons (Fsp3) is 0.316. The summed E-state index contributed by atoms with van der Waals surface area (Å²) in [4.78, 5) is 17.8. The van der Waals surface area contributed by atoms with Gasteiger partial charge in [-0.2, -0.15) is 5.26 Å². The third kappa shape index (κ3) is 4.07. The quantitative estimate of drug-likeness (QED) is 0.874. The van der Waals surface area contributed by atoms with Crippen molar-refractivity contribution < 1.29 is 4.79 Å². The molecule has 0 saturated carbocycles. The van der Waals surface area contributed by atoms with E-state index in [0.717, 1.165) is 30.6 Å². The van der Waals surface area contributed by atoms with E-state index in [1.54, 1.807) is 18.3 Å². The van der Waals surface area contributed by atoms with Crippen molar-refractivity contribution in [2.24, 2.45) is 11.7 Å². The topological polar surface area (TPSA) is 95.0 Å². The number of hydrogen-bond donors (Lipinski definition) is 2. The number of nitrogens with one attached hydrogen (secondary N) is 1. The summed E-state index contributed by atoms with van der Waals surface area (Å²) in [6.07, 6.45) is 3.52. The Kier molecular flexibility index (Phi) is 5.14. The molecular formula is C19H21N5O. The third-order valence-electron chi connectivity index (χ3n) is 4.51. The third-order valence-corrected chi connectivity index (χ3v) is 4.51. The second kappa shape index (κ2) is 7.67. The first-order valence-electron chi connectivity index (χ1n) is 8.39. The van der Waals surface area contributed by atoms with Gasteiger partial charge in [-0.05, 0) is 42.7 Å². The summed E-state index contributed by atoms with van der Waals surface area (Å²) in [5.74, 6) is 0.312. The Labute approximate surface area is 147 Å². The van der Waals surface area contributed by atoms with Crippen LogP contribution in [0.25, 0.3) is 0 Å². The van der Waals surface area contributed by atoms with Crippen LogP contribution in [0.3, 0.4) is 0 Å². The molecule has 128 valence electrons. The summed E-state index contributed by atoms with van der Waals surface area (Å²) in [6, 6.07) is 13.8.